The van der Waals surface area contributed by atoms with E-state index in [9.17, 15) is 4.79 Å². The van der Waals surface area contributed by atoms with E-state index in [2.05, 4.69) is 11.7 Å². The van der Waals surface area contributed by atoms with E-state index in [0.717, 1.165) is 25.7 Å². The van der Waals surface area contributed by atoms with E-state index in [-0.39, 0.29) is 11.3 Å². The molecule has 2 nitrogen and oxygen atoms in total. The highest BCUT2D eigenvalue weighted by atomic mass is 35.5. The number of halogens is 1. The summed E-state index contributed by atoms with van der Waals surface area (Å²) in [5.74, 6) is -0.169. The van der Waals surface area contributed by atoms with Gasteiger partial charge in [0.15, 0.2) is 0 Å². The Morgan fingerprint density at radius 2 is 2.17 bits per heavy atom. The predicted molar refractivity (Wildman–Crippen MR) is 50.4 cm³/mol. The van der Waals surface area contributed by atoms with Gasteiger partial charge in [0.2, 0.25) is 0 Å². The molecule has 3 heteroatoms. The minimum atomic E-state index is -0.169. The van der Waals surface area contributed by atoms with Crippen molar-refractivity contribution in [1.82, 2.24) is 0 Å². The number of hydrogen-bond acceptors (Lipinski definition) is 2. The SMILES string of the molecule is CCCCC(Cl)CCC(=O)OC. The highest BCUT2D eigenvalue weighted by molar-refractivity contribution is 6.20. The molecule has 0 aromatic carbocycles. The van der Waals surface area contributed by atoms with Crippen LogP contribution in [0.25, 0.3) is 0 Å². The number of methoxy groups -OCH3 is 1. The summed E-state index contributed by atoms with van der Waals surface area (Å²) in [6.07, 6.45) is 4.45. The lowest BCUT2D eigenvalue weighted by Gasteiger charge is -2.06. The second-order valence-corrected chi connectivity index (χ2v) is 3.47. The van der Waals surface area contributed by atoms with Crippen LogP contribution in [-0.2, 0) is 9.53 Å². The van der Waals surface area contributed by atoms with Crippen LogP contribution >= 0.6 is 11.6 Å². The molecule has 0 aliphatic carbocycles. The van der Waals surface area contributed by atoms with Crippen molar-refractivity contribution in [1.29, 1.82) is 0 Å². The number of carbonyl (C=O) groups is 1. The summed E-state index contributed by atoms with van der Waals surface area (Å²) in [6.45, 7) is 2.13. The van der Waals surface area contributed by atoms with Crippen LogP contribution in [0, 0.1) is 0 Å². The maximum Gasteiger partial charge on any atom is 0.305 e. The average molecular weight is 193 g/mol. The molecule has 0 heterocycles. The summed E-state index contributed by atoms with van der Waals surface area (Å²) in [5.41, 5.74) is 0. The van der Waals surface area contributed by atoms with Crippen LogP contribution in [0.1, 0.15) is 39.0 Å². The van der Waals surface area contributed by atoms with Crippen LogP contribution in [0.5, 0.6) is 0 Å². The molecule has 1 atom stereocenters. The molecule has 72 valence electrons. The molecule has 0 aromatic heterocycles. The van der Waals surface area contributed by atoms with Crippen LogP contribution in [0.4, 0.5) is 0 Å². The predicted octanol–water partition coefficient (Wildman–Crippen LogP) is 2.74. The number of alkyl halides is 1. The first-order valence-corrected chi connectivity index (χ1v) is 4.85. The van der Waals surface area contributed by atoms with Crippen molar-refractivity contribution in [3.05, 3.63) is 0 Å². The fourth-order valence-corrected chi connectivity index (χ4v) is 1.21. The number of ether oxygens (including phenoxy) is 1. The van der Waals surface area contributed by atoms with Gasteiger partial charge in [-0.15, -0.1) is 11.6 Å². The lowest BCUT2D eigenvalue weighted by Crippen LogP contribution is -2.05. The standard InChI is InChI=1S/C9H17ClO2/c1-3-4-5-8(10)6-7-9(11)12-2/h8H,3-7H2,1-2H3. The van der Waals surface area contributed by atoms with Crippen molar-refractivity contribution >= 4 is 17.6 Å². The molecule has 0 amide bonds. The number of esters is 1. The number of hydrogen-bond donors (Lipinski definition) is 0. The van der Waals surface area contributed by atoms with Gasteiger partial charge in [-0.05, 0) is 12.8 Å². The van der Waals surface area contributed by atoms with Crippen LogP contribution in [-0.4, -0.2) is 18.5 Å². The Kier molecular flexibility index (Phi) is 7.26. The summed E-state index contributed by atoms with van der Waals surface area (Å²) < 4.78 is 4.51. The van der Waals surface area contributed by atoms with Gasteiger partial charge in [-0.1, -0.05) is 19.8 Å². The van der Waals surface area contributed by atoms with Crippen LogP contribution in [0.2, 0.25) is 0 Å². The molecule has 12 heavy (non-hydrogen) atoms. The van der Waals surface area contributed by atoms with Gasteiger partial charge >= 0.3 is 5.97 Å². The summed E-state index contributed by atoms with van der Waals surface area (Å²) in [4.78, 5) is 10.7. The minimum absolute atomic E-state index is 0.129. The Morgan fingerprint density at radius 3 is 2.67 bits per heavy atom. The molecule has 0 rings (SSSR count). The Labute approximate surface area is 79.2 Å². The third kappa shape index (κ3) is 6.47. The number of unbranched alkanes of at least 4 members (excludes halogenated alkanes) is 1. The Hall–Kier alpha value is -0.240. The van der Waals surface area contributed by atoms with Gasteiger partial charge < -0.3 is 4.74 Å². The lowest BCUT2D eigenvalue weighted by molar-refractivity contribution is -0.140. The van der Waals surface area contributed by atoms with Crippen molar-refractivity contribution in [3.63, 3.8) is 0 Å². The lowest BCUT2D eigenvalue weighted by atomic mass is 10.1. The Balaban J connectivity index is 3.30. The topological polar surface area (TPSA) is 26.3 Å². The molecule has 0 aliphatic heterocycles. The summed E-state index contributed by atoms with van der Waals surface area (Å²) in [6, 6.07) is 0. The van der Waals surface area contributed by atoms with E-state index in [4.69, 9.17) is 11.6 Å². The van der Waals surface area contributed by atoms with E-state index in [0.29, 0.717) is 6.42 Å². The normalized spacial score (nSPS) is 12.6. The number of carbonyl (C=O) groups excluding carboxylic acids is 1. The second kappa shape index (κ2) is 7.41. The minimum Gasteiger partial charge on any atom is -0.469 e. The molecule has 0 aliphatic rings. The van der Waals surface area contributed by atoms with E-state index in [1.54, 1.807) is 0 Å². The van der Waals surface area contributed by atoms with Crippen LogP contribution in [0.3, 0.4) is 0 Å². The smallest absolute Gasteiger partial charge is 0.305 e. The molecule has 0 fully saturated rings. The molecule has 0 saturated heterocycles. The molecule has 0 spiro atoms. The zero-order valence-corrected chi connectivity index (χ0v) is 8.56. The van der Waals surface area contributed by atoms with Gasteiger partial charge in [-0.3, -0.25) is 4.79 Å². The van der Waals surface area contributed by atoms with E-state index in [1.165, 1.54) is 7.11 Å². The summed E-state index contributed by atoms with van der Waals surface area (Å²) in [7, 11) is 1.40. The number of rotatable bonds is 6. The Bertz CT molecular complexity index is 126. The first kappa shape index (κ1) is 11.8. The second-order valence-electron chi connectivity index (χ2n) is 2.85. The largest absolute Gasteiger partial charge is 0.469 e. The van der Waals surface area contributed by atoms with Gasteiger partial charge in [-0.2, -0.15) is 0 Å². The quantitative estimate of drug-likeness (QED) is 0.478. The third-order valence-electron chi connectivity index (χ3n) is 1.76. The monoisotopic (exact) mass is 192 g/mol. The van der Waals surface area contributed by atoms with E-state index >= 15 is 0 Å². The fourth-order valence-electron chi connectivity index (χ4n) is 0.946. The zero-order valence-electron chi connectivity index (χ0n) is 7.81. The van der Waals surface area contributed by atoms with Crippen molar-refractivity contribution < 1.29 is 9.53 Å². The highest BCUT2D eigenvalue weighted by Gasteiger charge is 2.07. The van der Waals surface area contributed by atoms with Gasteiger partial charge in [0.1, 0.15) is 0 Å². The van der Waals surface area contributed by atoms with Crippen molar-refractivity contribution in [3.8, 4) is 0 Å². The summed E-state index contributed by atoms with van der Waals surface area (Å²) in [5, 5.41) is 0.129. The first-order valence-electron chi connectivity index (χ1n) is 4.41. The molecule has 0 saturated carbocycles. The van der Waals surface area contributed by atoms with Crippen molar-refractivity contribution in [2.75, 3.05) is 7.11 Å². The van der Waals surface area contributed by atoms with Gasteiger partial charge in [-0.25, -0.2) is 0 Å². The maximum absolute atomic E-state index is 10.7. The van der Waals surface area contributed by atoms with E-state index < -0.39 is 0 Å². The third-order valence-corrected chi connectivity index (χ3v) is 2.20. The van der Waals surface area contributed by atoms with Crippen molar-refractivity contribution in [2.45, 2.75) is 44.4 Å². The highest BCUT2D eigenvalue weighted by Crippen LogP contribution is 2.13. The first-order chi connectivity index (χ1) is 5.70. The zero-order chi connectivity index (χ0) is 9.40. The molecule has 0 aromatic rings. The van der Waals surface area contributed by atoms with Crippen LogP contribution < -0.4 is 0 Å². The molecule has 0 radical (unpaired) electrons. The average Bonchev–Trinajstić information content (AvgIpc) is 2.10. The fraction of sp³-hybridized carbons (Fsp3) is 0.889. The van der Waals surface area contributed by atoms with Crippen LogP contribution in [0.15, 0.2) is 0 Å². The molecular weight excluding hydrogens is 176 g/mol. The Morgan fingerprint density at radius 1 is 1.50 bits per heavy atom. The van der Waals surface area contributed by atoms with E-state index in [1.807, 2.05) is 0 Å². The molecule has 0 bridgehead atoms. The van der Waals surface area contributed by atoms with Gasteiger partial charge in [0, 0.05) is 11.8 Å². The van der Waals surface area contributed by atoms with Gasteiger partial charge in [0.05, 0.1) is 7.11 Å². The molecular formula is C9H17ClO2. The van der Waals surface area contributed by atoms with Gasteiger partial charge in [0.25, 0.3) is 0 Å². The summed E-state index contributed by atoms with van der Waals surface area (Å²) >= 11 is 5.95. The van der Waals surface area contributed by atoms with Crippen molar-refractivity contribution in [2.24, 2.45) is 0 Å². The molecule has 0 N–H and O–H groups in total. The maximum atomic E-state index is 10.7. The molecule has 1 unspecified atom stereocenters.